The highest BCUT2D eigenvalue weighted by atomic mass is 16.3. The van der Waals surface area contributed by atoms with E-state index in [1.807, 2.05) is 42.5 Å². The first-order valence-corrected chi connectivity index (χ1v) is 20.4. The van der Waals surface area contributed by atoms with Gasteiger partial charge in [-0.1, -0.05) is 127 Å². The Labute approximate surface area is 348 Å². The van der Waals surface area contributed by atoms with Crippen molar-refractivity contribution in [1.82, 2.24) is 19.5 Å². The maximum atomic E-state index is 6.68. The number of para-hydroxylation sites is 3. The van der Waals surface area contributed by atoms with Gasteiger partial charge in [0.25, 0.3) is 0 Å². The first kappa shape index (κ1) is 33.6. The summed E-state index contributed by atoms with van der Waals surface area (Å²) >= 11 is 0. The minimum Gasteiger partial charge on any atom is -0.456 e. The number of hydrogen-bond acceptors (Lipinski definition) is 5. The molecule has 0 aliphatic rings. The lowest BCUT2D eigenvalue weighted by atomic mass is 10.00. The van der Waals surface area contributed by atoms with Gasteiger partial charge in [0.1, 0.15) is 22.3 Å². The molecule has 4 heterocycles. The number of furan rings is 2. The third-order valence-corrected chi connectivity index (χ3v) is 12.0. The summed E-state index contributed by atoms with van der Waals surface area (Å²) in [6.45, 7) is 0. The van der Waals surface area contributed by atoms with Gasteiger partial charge in [0.2, 0.25) is 0 Å². The van der Waals surface area contributed by atoms with Crippen LogP contribution >= 0.6 is 0 Å². The van der Waals surface area contributed by atoms with Crippen LogP contribution in [0.25, 0.3) is 127 Å². The summed E-state index contributed by atoms with van der Waals surface area (Å²) in [6, 6.07) is 67.4. The van der Waals surface area contributed by atoms with Crippen LogP contribution in [0.1, 0.15) is 0 Å². The fourth-order valence-corrected chi connectivity index (χ4v) is 9.23. The van der Waals surface area contributed by atoms with Gasteiger partial charge in [-0.3, -0.25) is 0 Å². The zero-order valence-corrected chi connectivity index (χ0v) is 32.6. The molecule has 13 aromatic rings. The first-order valence-electron chi connectivity index (χ1n) is 20.4. The van der Waals surface area contributed by atoms with Crippen molar-refractivity contribution in [3.8, 4) is 51.0 Å². The van der Waals surface area contributed by atoms with E-state index in [0.717, 1.165) is 88.2 Å². The zero-order valence-electron chi connectivity index (χ0n) is 32.6. The molecule has 284 valence electrons. The van der Waals surface area contributed by atoms with Crippen molar-refractivity contribution in [3.63, 3.8) is 0 Å². The Hall–Kier alpha value is -8.35. The SMILES string of the molecule is c1ccc(-n2c3ccccc3c3cc(-c4ccc5c(c4)oc4cccc(-c6nc(-c7ccc8ccccc8c7)nc(-c7cccc8oc9ccccc9c78)n6)c45)ccc32)cc1. The fraction of sp³-hybridized carbons (Fsp3) is 0. The molecule has 0 saturated carbocycles. The molecule has 0 spiro atoms. The molecule has 61 heavy (non-hydrogen) atoms. The van der Waals surface area contributed by atoms with Crippen LogP contribution in [-0.2, 0) is 0 Å². The molecule has 0 bridgehead atoms. The highest BCUT2D eigenvalue weighted by Gasteiger charge is 2.21. The van der Waals surface area contributed by atoms with E-state index in [4.69, 9.17) is 23.8 Å². The number of benzene rings is 9. The van der Waals surface area contributed by atoms with Crippen LogP contribution in [0.2, 0.25) is 0 Å². The van der Waals surface area contributed by atoms with Gasteiger partial charge in [-0.25, -0.2) is 15.0 Å². The maximum absolute atomic E-state index is 6.68. The van der Waals surface area contributed by atoms with Crippen molar-refractivity contribution in [3.05, 3.63) is 194 Å². The summed E-state index contributed by atoms with van der Waals surface area (Å²) < 4.78 is 15.3. The quantitative estimate of drug-likeness (QED) is 0.174. The Kier molecular flexibility index (Phi) is 7.21. The zero-order chi connectivity index (χ0) is 40.0. The number of fused-ring (bicyclic) bond motifs is 10. The molecular weight excluding hydrogens is 749 g/mol. The van der Waals surface area contributed by atoms with Crippen LogP contribution in [0.5, 0.6) is 0 Å². The van der Waals surface area contributed by atoms with E-state index in [9.17, 15) is 0 Å². The van der Waals surface area contributed by atoms with Gasteiger partial charge in [-0.15, -0.1) is 0 Å². The molecule has 0 N–H and O–H groups in total. The van der Waals surface area contributed by atoms with E-state index in [-0.39, 0.29) is 0 Å². The Morgan fingerprint density at radius 1 is 0.328 bits per heavy atom. The number of nitrogens with zero attached hydrogens (tertiary/aromatic N) is 4. The predicted molar refractivity (Wildman–Crippen MR) is 248 cm³/mol. The molecule has 6 nitrogen and oxygen atoms in total. The van der Waals surface area contributed by atoms with Crippen LogP contribution in [0.3, 0.4) is 0 Å². The fourth-order valence-electron chi connectivity index (χ4n) is 9.23. The lowest BCUT2D eigenvalue weighted by molar-refractivity contribution is 0.668. The van der Waals surface area contributed by atoms with Crippen molar-refractivity contribution in [1.29, 1.82) is 0 Å². The van der Waals surface area contributed by atoms with Gasteiger partial charge in [0.05, 0.1) is 11.0 Å². The molecule has 0 aliphatic carbocycles. The molecule has 0 unspecified atom stereocenters. The van der Waals surface area contributed by atoms with Crippen molar-refractivity contribution < 1.29 is 8.83 Å². The Bertz CT molecular complexity index is 3900. The molecule has 13 rings (SSSR count). The summed E-state index contributed by atoms with van der Waals surface area (Å²) in [7, 11) is 0. The third-order valence-electron chi connectivity index (χ3n) is 12.0. The minimum atomic E-state index is 0.565. The van der Waals surface area contributed by atoms with E-state index in [2.05, 4.69) is 156 Å². The molecule has 0 fully saturated rings. The van der Waals surface area contributed by atoms with Gasteiger partial charge in [0.15, 0.2) is 17.5 Å². The van der Waals surface area contributed by atoms with Crippen LogP contribution < -0.4 is 0 Å². The number of rotatable bonds is 5. The van der Waals surface area contributed by atoms with Crippen LogP contribution in [0.15, 0.2) is 203 Å². The summed E-state index contributed by atoms with van der Waals surface area (Å²) in [4.78, 5) is 15.7. The van der Waals surface area contributed by atoms with Crippen molar-refractivity contribution in [2.24, 2.45) is 0 Å². The largest absolute Gasteiger partial charge is 0.456 e. The van der Waals surface area contributed by atoms with E-state index < -0.39 is 0 Å². The summed E-state index contributed by atoms with van der Waals surface area (Å²) in [5.74, 6) is 1.73. The highest BCUT2D eigenvalue weighted by Crippen LogP contribution is 2.41. The van der Waals surface area contributed by atoms with Crippen molar-refractivity contribution >= 4 is 76.5 Å². The lowest BCUT2D eigenvalue weighted by Crippen LogP contribution is -2.00. The predicted octanol–water partition coefficient (Wildman–Crippen LogP) is 14.6. The number of aromatic nitrogens is 4. The van der Waals surface area contributed by atoms with E-state index in [0.29, 0.717) is 17.5 Å². The second kappa shape index (κ2) is 13.1. The van der Waals surface area contributed by atoms with E-state index in [1.54, 1.807) is 0 Å². The molecule has 9 aromatic carbocycles. The van der Waals surface area contributed by atoms with Crippen molar-refractivity contribution in [2.75, 3.05) is 0 Å². The summed E-state index contributed by atoms with van der Waals surface area (Å²) in [5, 5.41) is 8.64. The summed E-state index contributed by atoms with van der Waals surface area (Å²) in [6.07, 6.45) is 0. The van der Waals surface area contributed by atoms with Crippen molar-refractivity contribution in [2.45, 2.75) is 0 Å². The number of hydrogen-bond donors (Lipinski definition) is 0. The topological polar surface area (TPSA) is 69.9 Å². The average molecular weight is 781 g/mol. The maximum Gasteiger partial charge on any atom is 0.164 e. The smallest absolute Gasteiger partial charge is 0.164 e. The summed E-state index contributed by atoms with van der Waals surface area (Å²) in [5.41, 5.74) is 11.5. The molecule has 0 atom stereocenters. The van der Waals surface area contributed by atoms with E-state index in [1.165, 1.54) is 21.8 Å². The van der Waals surface area contributed by atoms with Crippen LogP contribution in [0.4, 0.5) is 0 Å². The van der Waals surface area contributed by atoms with E-state index >= 15 is 0 Å². The molecule has 0 radical (unpaired) electrons. The van der Waals surface area contributed by atoms with Gasteiger partial charge < -0.3 is 13.4 Å². The minimum absolute atomic E-state index is 0.565. The Balaban J connectivity index is 0.988. The molecular formula is C55H32N4O2. The molecule has 0 aliphatic heterocycles. The molecule has 4 aromatic heterocycles. The monoisotopic (exact) mass is 780 g/mol. The van der Waals surface area contributed by atoms with Gasteiger partial charge >= 0.3 is 0 Å². The van der Waals surface area contributed by atoms with Crippen LogP contribution in [0, 0.1) is 0 Å². The third kappa shape index (κ3) is 5.26. The standard InChI is InChI=1S/C55H32N4O2/c1-2-14-38(15-3-1)59-45-20-8-6-16-39(45)44-31-35(27-29-46(44)59)36-26-28-41-50(32-36)61-49-23-11-19-43(52(41)49)55-57-53(37-25-24-33-12-4-5-13-34(33)30-37)56-54(58-55)42-18-10-22-48-51(42)40-17-7-9-21-47(40)60-48/h1-32H. The Morgan fingerprint density at radius 3 is 1.70 bits per heavy atom. The lowest BCUT2D eigenvalue weighted by Gasteiger charge is -2.10. The Morgan fingerprint density at radius 2 is 0.902 bits per heavy atom. The second-order valence-electron chi connectivity index (χ2n) is 15.6. The normalized spacial score (nSPS) is 11.9. The van der Waals surface area contributed by atoms with Crippen LogP contribution in [-0.4, -0.2) is 19.5 Å². The van der Waals surface area contributed by atoms with Gasteiger partial charge in [0, 0.05) is 54.7 Å². The highest BCUT2D eigenvalue weighted by molar-refractivity contribution is 6.15. The first-order chi connectivity index (χ1) is 30.2. The average Bonchev–Trinajstić information content (AvgIpc) is 4.00. The molecule has 0 amide bonds. The molecule has 0 saturated heterocycles. The van der Waals surface area contributed by atoms with Gasteiger partial charge in [-0.2, -0.15) is 0 Å². The molecule has 6 heteroatoms. The van der Waals surface area contributed by atoms with Gasteiger partial charge in [-0.05, 0) is 88.6 Å². The second-order valence-corrected chi connectivity index (χ2v) is 15.6.